The average Bonchev–Trinajstić information content (AvgIpc) is 3.07. The number of amides is 2. The molecule has 8 heteroatoms. The van der Waals surface area contributed by atoms with Crippen molar-refractivity contribution in [3.8, 4) is 11.8 Å². The minimum atomic E-state index is -0.390. The van der Waals surface area contributed by atoms with Crippen LogP contribution in [0.2, 0.25) is 0 Å². The van der Waals surface area contributed by atoms with Crippen molar-refractivity contribution >= 4 is 44.9 Å². The Kier molecular flexibility index (Phi) is 6.92. The van der Waals surface area contributed by atoms with Crippen molar-refractivity contribution < 1.29 is 18.7 Å². The second-order valence-electron chi connectivity index (χ2n) is 7.14. The van der Waals surface area contributed by atoms with Crippen molar-refractivity contribution in [2.45, 2.75) is 13.2 Å². The lowest BCUT2D eigenvalue weighted by molar-refractivity contribution is -0.123. The Morgan fingerprint density at radius 3 is 2.58 bits per heavy atom. The van der Waals surface area contributed by atoms with Crippen LogP contribution in [0.3, 0.4) is 0 Å². The molecule has 4 rings (SSSR count). The number of carbonyl (C=O) groups excluding carboxylic acids is 2. The van der Waals surface area contributed by atoms with Crippen LogP contribution >= 0.6 is 27.7 Å². The van der Waals surface area contributed by atoms with E-state index in [2.05, 4.69) is 22.0 Å². The van der Waals surface area contributed by atoms with E-state index in [-0.39, 0.29) is 30.1 Å². The molecule has 0 atom stereocenters. The second kappa shape index (κ2) is 10.0. The summed E-state index contributed by atoms with van der Waals surface area (Å²) in [7, 11) is 0. The van der Waals surface area contributed by atoms with Crippen LogP contribution in [0.15, 0.2) is 76.1 Å². The zero-order valence-electron chi connectivity index (χ0n) is 17.1. The number of ether oxygens (including phenoxy) is 1. The summed E-state index contributed by atoms with van der Waals surface area (Å²) in [5, 5.41) is 8.83. The molecule has 3 aromatic carbocycles. The Labute approximate surface area is 202 Å². The molecule has 0 radical (unpaired) electrons. The summed E-state index contributed by atoms with van der Waals surface area (Å²) in [6, 6.07) is 20.4. The van der Waals surface area contributed by atoms with Gasteiger partial charge in [0.2, 0.25) is 0 Å². The van der Waals surface area contributed by atoms with Gasteiger partial charge in [-0.05, 0) is 75.2 Å². The zero-order chi connectivity index (χ0) is 23.4. The number of thioether (sulfide) groups is 1. The van der Waals surface area contributed by atoms with Crippen molar-refractivity contribution in [1.82, 2.24) is 4.90 Å². The predicted octanol–water partition coefficient (Wildman–Crippen LogP) is 6.28. The van der Waals surface area contributed by atoms with Gasteiger partial charge in [0.05, 0.1) is 27.6 Å². The molecule has 3 aromatic rings. The fourth-order valence-corrected chi connectivity index (χ4v) is 4.54. The van der Waals surface area contributed by atoms with Gasteiger partial charge in [0.15, 0.2) is 0 Å². The summed E-state index contributed by atoms with van der Waals surface area (Å²) >= 11 is 4.34. The van der Waals surface area contributed by atoms with Gasteiger partial charge in [0, 0.05) is 5.56 Å². The van der Waals surface area contributed by atoms with Crippen LogP contribution in [-0.2, 0) is 17.9 Å². The van der Waals surface area contributed by atoms with E-state index in [4.69, 9.17) is 4.74 Å². The summed E-state index contributed by atoms with van der Waals surface area (Å²) in [6.07, 6.45) is 1.65. The number of hydrogen-bond acceptors (Lipinski definition) is 5. The molecule has 0 aromatic heterocycles. The lowest BCUT2D eigenvalue weighted by Gasteiger charge is -2.12. The maximum absolute atomic E-state index is 13.1. The largest absolute Gasteiger partial charge is 0.488 e. The lowest BCUT2D eigenvalue weighted by atomic mass is 10.1. The SMILES string of the molecule is N#Cc1ccccc1COc1ccc(/C=C2\SC(=O)N(Cc3ccc(F)cc3)C2=O)cc1Br. The van der Waals surface area contributed by atoms with E-state index in [1.54, 1.807) is 48.5 Å². The van der Waals surface area contributed by atoms with Crippen molar-refractivity contribution in [1.29, 1.82) is 5.26 Å². The molecule has 0 unspecified atom stereocenters. The van der Waals surface area contributed by atoms with E-state index in [1.807, 2.05) is 12.1 Å². The van der Waals surface area contributed by atoms with E-state index in [9.17, 15) is 19.2 Å². The van der Waals surface area contributed by atoms with Crippen molar-refractivity contribution in [2.75, 3.05) is 0 Å². The van der Waals surface area contributed by atoms with E-state index in [0.29, 0.717) is 26.3 Å². The number of imide groups is 1. The molecule has 5 nitrogen and oxygen atoms in total. The van der Waals surface area contributed by atoms with Crippen molar-refractivity contribution in [2.24, 2.45) is 0 Å². The minimum Gasteiger partial charge on any atom is -0.488 e. The van der Waals surface area contributed by atoms with Gasteiger partial charge in [0.1, 0.15) is 18.2 Å². The molecular formula is C25H16BrFN2O3S. The average molecular weight is 523 g/mol. The standard InChI is InChI=1S/C25H16BrFN2O3S/c26-21-11-17(7-10-22(21)32-15-19-4-2-1-3-18(19)13-28)12-23-24(30)29(25(31)33-23)14-16-5-8-20(27)9-6-16/h1-12H,14-15H2/b23-12-. The van der Waals surface area contributed by atoms with Gasteiger partial charge in [0.25, 0.3) is 11.1 Å². The molecule has 0 spiro atoms. The fraction of sp³-hybridized carbons (Fsp3) is 0.0800. The number of rotatable bonds is 6. The molecule has 2 amide bonds. The summed E-state index contributed by atoms with van der Waals surface area (Å²) < 4.78 is 19.6. The van der Waals surface area contributed by atoms with Crippen LogP contribution in [0, 0.1) is 17.1 Å². The maximum Gasteiger partial charge on any atom is 0.293 e. The van der Waals surface area contributed by atoms with E-state index in [0.717, 1.165) is 27.8 Å². The highest BCUT2D eigenvalue weighted by Gasteiger charge is 2.35. The quantitative estimate of drug-likeness (QED) is 0.356. The molecule has 1 saturated heterocycles. The van der Waals surface area contributed by atoms with Gasteiger partial charge in [-0.25, -0.2) is 4.39 Å². The fourth-order valence-electron chi connectivity index (χ4n) is 3.19. The molecule has 1 aliphatic heterocycles. The second-order valence-corrected chi connectivity index (χ2v) is 8.99. The Morgan fingerprint density at radius 1 is 1.09 bits per heavy atom. The number of halogens is 2. The van der Waals surface area contributed by atoms with Gasteiger partial charge in [-0.3, -0.25) is 14.5 Å². The molecule has 0 bridgehead atoms. The Bertz CT molecular complexity index is 1300. The van der Waals surface area contributed by atoms with E-state index in [1.165, 1.54) is 12.1 Å². The van der Waals surface area contributed by atoms with Crippen LogP contribution in [0.4, 0.5) is 9.18 Å². The van der Waals surface area contributed by atoms with Crippen LogP contribution < -0.4 is 4.74 Å². The first kappa shape index (κ1) is 22.8. The molecule has 0 aliphatic carbocycles. The highest BCUT2D eigenvalue weighted by molar-refractivity contribution is 9.10. The Hall–Kier alpha value is -3.41. The van der Waals surface area contributed by atoms with Crippen LogP contribution in [0.5, 0.6) is 5.75 Å². The van der Waals surface area contributed by atoms with Crippen LogP contribution in [0.1, 0.15) is 22.3 Å². The summed E-state index contributed by atoms with van der Waals surface area (Å²) in [6.45, 7) is 0.326. The third-order valence-corrected chi connectivity index (χ3v) is 6.43. The summed E-state index contributed by atoms with van der Waals surface area (Å²) in [5.74, 6) is -0.178. The van der Waals surface area contributed by atoms with Gasteiger partial charge in [-0.2, -0.15) is 5.26 Å². The highest BCUT2D eigenvalue weighted by Crippen LogP contribution is 2.35. The molecule has 33 heavy (non-hydrogen) atoms. The number of hydrogen-bond donors (Lipinski definition) is 0. The highest BCUT2D eigenvalue weighted by atomic mass is 79.9. The summed E-state index contributed by atoms with van der Waals surface area (Å²) in [4.78, 5) is 26.5. The maximum atomic E-state index is 13.1. The summed E-state index contributed by atoms with van der Waals surface area (Å²) in [5.41, 5.74) is 2.73. The van der Waals surface area contributed by atoms with Crippen molar-refractivity contribution in [3.63, 3.8) is 0 Å². The molecule has 0 N–H and O–H groups in total. The van der Waals surface area contributed by atoms with Gasteiger partial charge < -0.3 is 4.74 Å². The van der Waals surface area contributed by atoms with E-state index >= 15 is 0 Å². The first-order valence-corrected chi connectivity index (χ1v) is 11.5. The number of carbonyl (C=O) groups is 2. The number of benzene rings is 3. The third-order valence-electron chi connectivity index (χ3n) is 4.90. The first-order chi connectivity index (χ1) is 15.9. The Balaban J connectivity index is 1.46. The van der Waals surface area contributed by atoms with Gasteiger partial charge in [-0.1, -0.05) is 36.4 Å². The zero-order valence-corrected chi connectivity index (χ0v) is 19.5. The monoisotopic (exact) mass is 522 g/mol. The van der Waals surface area contributed by atoms with Crippen LogP contribution in [-0.4, -0.2) is 16.0 Å². The third kappa shape index (κ3) is 5.33. The lowest BCUT2D eigenvalue weighted by Crippen LogP contribution is -2.27. The van der Waals surface area contributed by atoms with Gasteiger partial charge in [-0.15, -0.1) is 0 Å². The molecule has 1 aliphatic rings. The predicted molar refractivity (Wildman–Crippen MR) is 128 cm³/mol. The van der Waals surface area contributed by atoms with Crippen molar-refractivity contribution in [3.05, 3.63) is 104 Å². The Morgan fingerprint density at radius 2 is 1.85 bits per heavy atom. The minimum absolute atomic E-state index is 0.0862. The van der Waals surface area contributed by atoms with E-state index < -0.39 is 0 Å². The number of nitrogens with zero attached hydrogens (tertiary/aromatic N) is 2. The normalized spacial score (nSPS) is 14.6. The molecule has 0 saturated carbocycles. The molecule has 1 heterocycles. The number of nitriles is 1. The molecule has 1 fully saturated rings. The smallest absolute Gasteiger partial charge is 0.293 e. The first-order valence-electron chi connectivity index (χ1n) is 9.85. The molecule has 164 valence electrons. The van der Waals surface area contributed by atoms with Gasteiger partial charge >= 0.3 is 0 Å². The van der Waals surface area contributed by atoms with Crippen LogP contribution in [0.25, 0.3) is 6.08 Å². The molecular weight excluding hydrogens is 507 g/mol. The topological polar surface area (TPSA) is 70.4 Å².